The lowest BCUT2D eigenvalue weighted by atomic mass is 10.0. The molecule has 2 rings (SSSR count). The quantitative estimate of drug-likeness (QED) is 0.846. The molecule has 0 spiro atoms. The maximum absolute atomic E-state index is 12.5. The van der Waals surface area contributed by atoms with Crippen molar-refractivity contribution in [3.8, 4) is 0 Å². The summed E-state index contributed by atoms with van der Waals surface area (Å²) < 4.78 is 27.8. The molecular formula is C17H29ClN2O2S. The highest BCUT2D eigenvalue weighted by atomic mass is 35.5. The van der Waals surface area contributed by atoms with E-state index in [0.29, 0.717) is 10.8 Å². The largest absolute Gasteiger partial charge is 0.303 e. The van der Waals surface area contributed by atoms with Crippen molar-refractivity contribution in [2.24, 2.45) is 0 Å². The first-order valence-electron chi connectivity index (χ1n) is 8.27. The standard InChI is InChI=1S/C17H28N2O2S.ClH/c1-4-11-19-12-9-16(10-13-19)18-22(20,21)17-7-5-15(6-8-17)14(2)3;/h5-8,14,16,18H,4,9-13H2,1-3H3;1H. The molecule has 1 N–H and O–H groups in total. The summed E-state index contributed by atoms with van der Waals surface area (Å²) in [6.07, 6.45) is 2.94. The number of halogens is 1. The molecule has 0 aliphatic carbocycles. The van der Waals surface area contributed by atoms with E-state index in [1.807, 2.05) is 12.1 Å². The number of benzene rings is 1. The van der Waals surface area contributed by atoms with E-state index in [1.165, 1.54) is 0 Å². The van der Waals surface area contributed by atoms with Crippen molar-refractivity contribution in [3.05, 3.63) is 29.8 Å². The molecule has 0 bridgehead atoms. The minimum atomic E-state index is -3.40. The second-order valence-electron chi connectivity index (χ2n) is 6.46. The van der Waals surface area contributed by atoms with Crippen molar-refractivity contribution in [2.75, 3.05) is 19.6 Å². The first-order valence-corrected chi connectivity index (χ1v) is 9.75. The Morgan fingerprint density at radius 1 is 1.17 bits per heavy atom. The Balaban J connectivity index is 0.00000264. The minimum Gasteiger partial charge on any atom is -0.303 e. The lowest BCUT2D eigenvalue weighted by Gasteiger charge is -2.31. The van der Waals surface area contributed by atoms with E-state index in [0.717, 1.165) is 44.5 Å². The third-order valence-electron chi connectivity index (χ3n) is 4.31. The molecule has 0 atom stereocenters. The summed E-state index contributed by atoms with van der Waals surface area (Å²) in [6, 6.07) is 7.29. The molecule has 1 aliphatic heterocycles. The number of likely N-dealkylation sites (tertiary alicyclic amines) is 1. The molecule has 1 aliphatic rings. The summed E-state index contributed by atoms with van der Waals surface area (Å²) in [7, 11) is -3.40. The Kier molecular flexibility index (Phi) is 8.01. The normalized spacial score (nSPS) is 17.2. The summed E-state index contributed by atoms with van der Waals surface area (Å²) in [5.74, 6) is 0.410. The maximum Gasteiger partial charge on any atom is 0.240 e. The smallest absolute Gasteiger partial charge is 0.240 e. The number of piperidine rings is 1. The van der Waals surface area contributed by atoms with E-state index in [4.69, 9.17) is 0 Å². The van der Waals surface area contributed by atoms with Crippen molar-refractivity contribution in [1.29, 1.82) is 0 Å². The third kappa shape index (κ3) is 5.75. The number of rotatable bonds is 6. The summed E-state index contributed by atoms with van der Waals surface area (Å²) >= 11 is 0. The molecule has 1 aromatic rings. The van der Waals surface area contributed by atoms with E-state index in [2.05, 4.69) is 30.4 Å². The Morgan fingerprint density at radius 2 is 1.74 bits per heavy atom. The number of sulfonamides is 1. The van der Waals surface area contributed by atoms with E-state index in [9.17, 15) is 8.42 Å². The molecular weight excluding hydrogens is 332 g/mol. The topological polar surface area (TPSA) is 49.4 Å². The molecule has 0 unspecified atom stereocenters. The van der Waals surface area contributed by atoms with Crippen molar-refractivity contribution in [3.63, 3.8) is 0 Å². The van der Waals surface area contributed by atoms with Crippen molar-refractivity contribution < 1.29 is 8.42 Å². The van der Waals surface area contributed by atoms with Crippen molar-refractivity contribution in [2.45, 2.75) is 56.9 Å². The summed E-state index contributed by atoms with van der Waals surface area (Å²) in [4.78, 5) is 2.77. The molecule has 0 saturated carbocycles. The Hall–Kier alpha value is -0.620. The summed E-state index contributed by atoms with van der Waals surface area (Å²) in [6.45, 7) is 9.45. The second-order valence-corrected chi connectivity index (χ2v) is 8.17. The van der Waals surface area contributed by atoms with Crippen LogP contribution >= 0.6 is 12.4 Å². The highest BCUT2D eigenvalue weighted by Crippen LogP contribution is 2.19. The predicted octanol–water partition coefficient (Wildman–Crippen LogP) is 3.38. The monoisotopic (exact) mass is 360 g/mol. The van der Waals surface area contributed by atoms with Crippen LogP contribution in [0.3, 0.4) is 0 Å². The van der Waals surface area contributed by atoms with Gasteiger partial charge in [-0.1, -0.05) is 32.9 Å². The van der Waals surface area contributed by atoms with Crippen LogP contribution in [0, 0.1) is 0 Å². The molecule has 0 radical (unpaired) electrons. The molecule has 23 heavy (non-hydrogen) atoms. The molecule has 1 saturated heterocycles. The zero-order valence-electron chi connectivity index (χ0n) is 14.3. The first-order chi connectivity index (χ1) is 10.4. The SMILES string of the molecule is CCCN1CCC(NS(=O)(=O)c2ccc(C(C)C)cc2)CC1.Cl. The molecule has 6 heteroatoms. The van der Waals surface area contributed by atoms with Crippen LogP contribution in [-0.2, 0) is 10.0 Å². The average molecular weight is 361 g/mol. The molecule has 1 fully saturated rings. The fraction of sp³-hybridized carbons (Fsp3) is 0.647. The minimum absolute atomic E-state index is 0. The third-order valence-corrected chi connectivity index (χ3v) is 5.84. The fourth-order valence-corrected chi connectivity index (χ4v) is 4.21. The van der Waals surface area contributed by atoms with E-state index >= 15 is 0 Å². The number of hydrogen-bond donors (Lipinski definition) is 1. The van der Waals surface area contributed by atoms with Crippen LogP contribution in [-0.4, -0.2) is 39.0 Å². The van der Waals surface area contributed by atoms with Gasteiger partial charge in [0, 0.05) is 6.04 Å². The van der Waals surface area contributed by atoms with Gasteiger partial charge in [0.15, 0.2) is 0 Å². The van der Waals surface area contributed by atoms with Gasteiger partial charge in [0.05, 0.1) is 4.90 Å². The zero-order valence-corrected chi connectivity index (χ0v) is 15.9. The fourth-order valence-electron chi connectivity index (χ4n) is 2.91. The Morgan fingerprint density at radius 3 is 2.22 bits per heavy atom. The van der Waals surface area contributed by atoms with Crippen LogP contribution in [0.4, 0.5) is 0 Å². The van der Waals surface area contributed by atoms with Gasteiger partial charge in [-0.25, -0.2) is 13.1 Å². The molecule has 1 heterocycles. The number of hydrogen-bond acceptors (Lipinski definition) is 3. The Labute approximate surface area is 147 Å². The van der Waals surface area contributed by atoms with Gasteiger partial charge < -0.3 is 4.90 Å². The van der Waals surface area contributed by atoms with Gasteiger partial charge in [-0.15, -0.1) is 12.4 Å². The van der Waals surface area contributed by atoms with Gasteiger partial charge >= 0.3 is 0 Å². The molecule has 1 aromatic carbocycles. The van der Waals surface area contributed by atoms with Gasteiger partial charge in [0.25, 0.3) is 0 Å². The van der Waals surface area contributed by atoms with Gasteiger partial charge in [-0.05, 0) is 62.5 Å². The van der Waals surface area contributed by atoms with Crippen LogP contribution in [0.2, 0.25) is 0 Å². The van der Waals surface area contributed by atoms with Crippen molar-refractivity contribution in [1.82, 2.24) is 9.62 Å². The van der Waals surface area contributed by atoms with E-state index in [-0.39, 0.29) is 18.4 Å². The molecule has 132 valence electrons. The van der Waals surface area contributed by atoms with Crippen LogP contribution in [0.25, 0.3) is 0 Å². The predicted molar refractivity (Wildman–Crippen MR) is 97.9 cm³/mol. The molecule has 0 aromatic heterocycles. The van der Waals surface area contributed by atoms with Gasteiger partial charge in [0.1, 0.15) is 0 Å². The Bertz CT molecular complexity index is 565. The average Bonchev–Trinajstić information content (AvgIpc) is 2.49. The van der Waals surface area contributed by atoms with Crippen molar-refractivity contribution >= 4 is 22.4 Å². The maximum atomic E-state index is 12.5. The lowest BCUT2D eigenvalue weighted by molar-refractivity contribution is 0.208. The van der Waals surface area contributed by atoms with Gasteiger partial charge in [-0.2, -0.15) is 0 Å². The van der Waals surface area contributed by atoms with Gasteiger partial charge in [0.2, 0.25) is 10.0 Å². The first kappa shape index (κ1) is 20.4. The summed E-state index contributed by atoms with van der Waals surface area (Å²) in [5, 5.41) is 0. The number of nitrogens with one attached hydrogen (secondary N) is 1. The van der Waals surface area contributed by atoms with Crippen LogP contribution in [0.15, 0.2) is 29.2 Å². The van der Waals surface area contributed by atoms with Crippen LogP contribution in [0.1, 0.15) is 51.5 Å². The summed E-state index contributed by atoms with van der Waals surface area (Å²) in [5.41, 5.74) is 1.16. The zero-order chi connectivity index (χ0) is 16.2. The van der Waals surface area contributed by atoms with Crippen LogP contribution < -0.4 is 4.72 Å². The lowest BCUT2D eigenvalue weighted by Crippen LogP contribution is -2.44. The van der Waals surface area contributed by atoms with E-state index in [1.54, 1.807) is 12.1 Å². The van der Waals surface area contributed by atoms with Gasteiger partial charge in [-0.3, -0.25) is 0 Å². The van der Waals surface area contributed by atoms with Crippen LogP contribution in [0.5, 0.6) is 0 Å². The highest BCUT2D eigenvalue weighted by Gasteiger charge is 2.24. The molecule has 0 amide bonds. The highest BCUT2D eigenvalue weighted by molar-refractivity contribution is 7.89. The number of nitrogens with zero attached hydrogens (tertiary/aromatic N) is 1. The second kappa shape index (κ2) is 9.02. The van der Waals surface area contributed by atoms with E-state index < -0.39 is 10.0 Å². The molecule has 4 nitrogen and oxygen atoms in total.